The van der Waals surface area contributed by atoms with E-state index in [0.717, 1.165) is 11.4 Å². The van der Waals surface area contributed by atoms with Crippen molar-refractivity contribution in [2.24, 2.45) is 0 Å². The highest BCUT2D eigenvalue weighted by Gasteiger charge is 2.07. The Balaban J connectivity index is 2.20. The number of hydrogen-bond donors (Lipinski definition) is 1. The quantitative estimate of drug-likeness (QED) is 0.884. The van der Waals surface area contributed by atoms with E-state index in [1.807, 2.05) is 19.4 Å². The molecule has 0 aliphatic rings. The molecule has 0 saturated carbocycles. The van der Waals surface area contributed by atoms with E-state index in [0.29, 0.717) is 6.04 Å². The minimum atomic E-state index is 0.291. The number of aryl methyl sites for hydroxylation is 1. The number of rotatable bonds is 4. The lowest BCUT2D eigenvalue weighted by Crippen LogP contribution is -2.15. The van der Waals surface area contributed by atoms with Gasteiger partial charge >= 0.3 is 0 Å². The van der Waals surface area contributed by atoms with Crippen LogP contribution < -0.4 is 5.32 Å². The van der Waals surface area contributed by atoms with Crippen LogP contribution in [0.4, 0.5) is 0 Å². The van der Waals surface area contributed by atoms with Crippen molar-refractivity contribution in [1.29, 1.82) is 0 Å². The van der Waals surface area contributed by atoms with E-state index in [1.54, 1.807) is 11.3 Å². The molecule has 18 heavy (non-hydrogen) atoms. The molecule has 0 amide bonds. The number of benzene rings is 1. The van der Waals surface area contributed by atoms with Crippen LogP contribution in [-0.2, 0) is 0 Å². The second-order valence-corrected chi connectivity index (χ2v) is 5.39. The lowest BCUT2D eigenvalue weighted by Gasteiger charge is -2.15. The Kier molecular flexibility index (Phi) is 3.82. The van der Waals surface area contributed by atoms with Crippen molar-refractivity contribution in [2.75, 3.05) is 0 Å². The Bertz CT molecular complexity index is 540. The van der Waals surface area contributed by atoms with Crippen molar-refractivity contribution in [3.8, 4) is 10.4 Å². The summed E-state index contributed by atoms with van der Waals surface area (Å²) in [7, 11) is 0. The molecule has 2 rings (SSSR count). The molecule has 1 N–H and O–H groups in total. The molecule has 0 saturated heterocycles. The highest BCUT2D eigenvalue weighted by atomic mass is 32.1. The Morgan fingerprint density at radius 3 is 2.50 bits per heavy atom. The van der Waals surface area contributed by atoms with Gasteiger partial charge in [-0.2, -0.15) is 0 Å². The van der Waals surface area contributed by atoms with Crippen LogP contribution in [-0.4, -0.2) is 4.98 Å². The highest BCUT2D eigenvalue weighted by Crippen LogP contribution is 2.28. The second kappa shape index (κ2) is 5.36. The van der Waals surface area contributed by atoms with Crippen LogP contribution in [0.1, 0.15) is 31.1 Å². The summed E-state index contributed by atoms with van der Waals surface area (Å²) in [6, 6.07) is 8.93. The predicted molar refractivity (Wildman–Crippen MR) is 78.7 cm³/mol. The van der Waals surface area contributed by atoms with Crippen LogP contribution >= 0.6 is 11.3 Å². The zero-order valence-corrected chi connectivity index (χ0v) is 11.8. The van der Waals surface area contributed by atoms with Gasteiger partial charge in [0.05, 0.1) is 16.1 Å². The number of allylic oxidation sites excluding steroid dienone is 1. The van der Waals surface area contributed by atoms with Crippen molar-refractivity contribution in [2.45, 2.75) is 26.8 Å². The fourth-order valence-electron chi connectivity index (χ4n) is 1.96. The molecular formula is C15H18N2S. The standard InChI is InChI=1S/C15H18N2S/c1-10(2)17-11(3)13-5-7-14(8-6-13)15-12(4)16-9-18-15/h5-9,11,17H,1H2,2-4H3/t11-/m0/s1. The minimum absolute atomic E-state index is 0.291. The van der Waals surface area contributed by atoms with Crippen LogP contribution in [0.2, 0.25) is 0 Å². The molecule has 0 unspecified atom stereocenters. The molecular weight excluding hydrogens is 240 g/mol. The van der Waals surface area contributed by atoms with E-state index < -0.39 is 0 Å². The molecule has 1 aromatic heterocycles. The van der Waals surface area contributed by atoms with Gasteiger partial charge in [-0.25, -0.2) is 4.98 Å². The summed E-state index contributed by atoms with van der Waals surface area (Å²) in [5.41, 5.74) is 6.49. The Hall–Kier alpha value is -1.61. The van der Waals surface area contributed by atoms with Crippen LogP contribution in [0.5, 0.6) is 0 Å². The normalized spacial score (nSPS) is 12.2. The van der Waals surface area contributed by atoms with Gasteiger partial charge in [0.15, 0.2) is 0 Å². The van der Waals surface area contributed by atoms with Crippen molar-refractivity contribution in [1.82, 2.24) is 10.3 Å². The zero-order valence-electron chi connectivity index (χ0n) is 11.0. The number of aromatic nitrogens is 1. The lowest BCUT2D eigenvalue weighted by molar-refractivity contribution is 0.656. The smallest absolute Gasteiger partial charge is 0.0801 e. The topological polar surface area (TPSA) is 24.9 Å². The number of hydrogen-bond acceptors (Lipinski definition) is 3. The molecule has 94 valence electrons. The number of nitrogens with one attached hydrogen (secondary N) is 1. The molecule has 1 heterocycles. The fourth-order valence-corrected chi connectivity index (χ4v) is 2.77. The van der Waals surface area contributed by atoms with Crippen LogP contribution in [0, 0.1) is 6.92 Å². The summed E-state index contributed by atoms with van der Waals surface area (Å²) < 4.78 is 0. The molecule has 0 bridgehead atoms. The molecule has 0 aliphatic carbocycles. The molecule has 0 spiro atoms. The van der Waals surface area contributed by atoms with Gasteiger partial charge in [-0.3, -0.25) is 0 Å². The maximum absolute atomic E-state index is 4.28. The Morgan fingerprint density at radius 2 is 2.00 bits per heavy atom. The van der Waals surface area contributed by atoms with E-state index in [4.69, 9.17) is 0 Å². The molecule has 0 aliphatic heterocycles. The Labute approximate surface area is 112 Å². The van der Waals surface area contributed by atoms with Gasteiger partial charge in [0.2, 0.25) is 0 Å². The van der Waals surface area contributed by atoms with Crippen molar-refractivity contribution in [3.05, 3.63) is 53.3 Å². The molecule has 1 aromatic carbocycles. The third-order valence-electron chi connectivity index (χ3n) is 2.88. The summed E-state index contributed by atoms with van der Waals surface area (Å²) in [6.45, 7) is 10.0. The average Bonchev–Trinajstić information content (AvgIpc) is 2.75. The summed E-state index contributed by atoms with van der Waals surface area (Å²) >= 11 is 1.69. The van der Waals surface area contributed by atoms with Gasteiger partial charge in [0.25, 0.3) is 0 Å². The van der Waals surface area contributed by atoms with Crippen LogP contribution in [0.15, 0.2) is 42.1 Å². The van der Waals surface area contributed by atoms with Gasteiger partial charge in [0, 0.05) is 11.7 Å². The van der Waals surface area contributed by atoms with E-state index in [9.17, 15) is 0 Å². The molecule has 0 fully saturated rings. The SMILES string of the molecule is C=C(C)N[C@@H](C)c1ccc(-c2scnc2C)cc1. The summed E-state index contributed by atoms with van der Waals surface area (Å²) in [5, 5.41) is 3.32. The Morgan fingerprint density at radius 1 is 1.33 bits per heavy atom. The molecule has 0 radical (unpaired) electrons. The number of nitrogens with zero attached hydrogens (tertiary/aromatic N) is 1. The molecule has 3 heteroatoms. The van der Waals surface area contributed by atoms with E-state index in [1.165, 1.54) is 16.0 Å². The predicted octanol–water partition coefficient (Wildman–Crippen LogP) is 4.30. The third kappa shape index (κ3) is 2.79. The second-order valence-electron chi connectivity index (χ2n) is 4.54. The first-order valence-corrected chi connectivity index (χ1v) is 6.88. The first kappa shape index (κ1) is 12.8. The zero-order chi connectivity index (χ0) is 13.1. The van der Waals surface area contributed by atoms with Crippen LogP contribution in [0.3, 0.4) is 0 Å². The summed E-state index contributed by atoms with van der Waals surface area (Å²) in [6.07, 6.45) is 0. The number of thiazole rings is 1. The van der Waals surface area contributed by atoms with E-state index in [-0.39, 0.29) is 0 Å². The van der Waals surface area contributed by atoms with E-state index >= 15 is 0 Å². The lowest BCUT2D eigenvalue weighted by atomic mass is 10.0. The van der Waals surface area contributed by atoms with Crippen LogP contribution in [0.25, 0.3) is 10.4 Å². The minimum Gasteiger partial charge on any atom is -0.383 e. The van der Waals surface area contributed by atoms with E-state index in [2.05, 4.69) is 48.1 Å². The summed E-state index contributed by atoms with van der Waals surface area (Å²) in [4.78, 5) is 5.54. The molecule has 2 aromatic rings. The summed E-state index contributed by atoms with van der Waals surface area (Å²) in [5.74, 6) is 0. The van der Waals surface area contributed by atoms with Gasteiger partial charge in [-0.15, -0.1) is 11.3 Å². The van der Waals surface area contributed by atoms with Crippen molar-refractivity contribution in [3.63, 3.8) is 0 Å². The largest absolute Gasteiger partial charge is 0.383 e. The average molecular weight is 258 g/mol. The van der Waals surface area contributed by atoms with Crippen molar-refractivity contribution < 1.29 is 0 Å². The van der Waals surface area contributed by atoms with Gasteiger partial charge in [-0.05, 0) is 31.9 Å². The maximum Gasteiger partial charge on any atom is 0.0801 e. The molecule has 1 atom stereocenters. The monoisotopic (exact) mass is 258 g/mol. The molecule has 2 nitrogen and oxygen atoms in total. The van der Waals surface area contributed by atoms with Gasteiger partial charge in [0.1, 0.15) is 0 Å². The van der Waals surface area contributed by atoms with Gasteiger partial charge in [-0.1, -0.05) is 30.8 Å². The first-order valence-electron chi connectivity index (χ1n) is 6.00. The maximum atomic E-state index is 4.28. The van der Waals surface area contributed by atoms with Gasteiger partial charge < -0.3 is 5.32 Å². The third-order valence-corrected chi connectivity index (χ3v) is 3.86. The first-order chi connectivity index (χ1) is 8.58. The van der Waals surface area contributed by atoms with Crippen molar-refractivity contribution >= 4 is 11.3 Å². The highest BCUT2D eigenvalue weighted by molar-refractivity contribution is 7.13. The fraction of sp³-hybridized carbons (Fsp3) is 0.267.